The van der Waals surface area contributed by atoms with Gasteiger partial charge in [0.25, 0.3) is 0 Å². The molecule has 0 spiro atoms. The van der Waals surface area contributed by atoms with E-state index >= 15 is 0 Å². The number of ether oxygens (including phenoxy) is 1. The van der Waals surface area contributed by atoms with E-state index in [-0.39, 0.29) is 0 Å². The molecular formula is C14H17BrO2. The van der Waals surface area contributed by atoms with E-state index in [2.05, 4.69) is 28.1 Å². The van der Waals surface area contributed by atoms with Gasteiger partial charge in [0.1, 0.15) is 11.5 Å². The van der Waals surface area contributed by atoms with E-state index in [9.17, 15) is 4.79 Å². The normalized spacial score (nSPS) is 13.3. The second-order valence-corrected chi connectivity index (χ2v) is 5.31. The van der Waals surface area contributed by atoms with Crippen molar-refractivity contribution in [3.63, 3.8) is 0 Å². The predicted octanol–water partition coefficient (Wildman–Crippen LogP) is 3.69. The molecule has 0 bridgehead atoms. The van der Waals surface area contributed by atoms with Crippen molar-refractivity contribution in [1.29, 1.82) is 0 Å². The molecule has 0 aromatic heterocycles. The maximum atomic E-state index is 11.3. The van der Waals surface area contributed by atoms with Gasteiger partial charge in [-0.3, -0.25) is 4.79 Å². The quantitative estimate of drug-likeness (QED) is 0.828. The lowest BCUT2D eigenvalue weighted by Crippen LogP contribution is -1.98. The maximum Gasteiger partial charge on any atom is 0.132 e. The molecule has 0 saturated heterocycles. The van der Waals surface area contributed by atoms with Crippen LogP contribution in [0.25, 0.3) is 0 Å². The number of carbonyl (C=O) groups is 1. The Morgan fingerprint density at radius 2 is 2.29 bits per heavy atom. The van der Waals surface area contributed by atoms with Crippen molar-refractivity contribution in [3.05, 3.63) is 27.7 Å². The van der Waals surface area contributed by atoms with E-state index < -0.39 is 0 Å². The first kappa shape index (κ1) is 12.6. The first-order chi connectivity index (χ1) is 8.20. The highest BCUT2D eigenvalue weighted by atomic mass is 79.9. The van der Waals surface area contributed by atoms with E-state index in [1.54, 1.807) is 0 Å². The number of carbonyl (C=O) groups excluding carboxylic acids is 1. The summed E-state index contributed by atoms with van der Waals surface area (Å²) in [5.74, 6) is 1.40. The zero-order chi connectivity index (χ0) is 12.3. The highest BCUT2D eigenvalue weighted by molar-refractivity contribution is 9.10. The molecule has 0 N–H and O–H groups in total. The number of Topliss-reactive ketones (excluding diaryl/α,β-unsaturated/α-hetero) is 1. The summed E-state index contributed by atoms with van der Waals surface area (Å²) in [5, 5.41) is 0. The van der Waals surface area contributed by atoms with Crippen LogP contribution in [0.3, 0.4) is 0 Å². The fourth-order valence-corrected chi connectivity index (χ4v) is 2.74. The van der Waals surface area contributed by atoms with E-state index in [4.69, 9.17) is 4.74 Å². The van der Waals surface area contributed by atoms with Crippen molar-refractivity contribution in [2.45, 2.75) is 39.0 Å². The van der Waals surface area contributed by atoms with Crippen molar-refractivity contribution in [3.8, 4) is 5.75 Å². The molecule has 1 aromatic carbocycles. The highest BCUT2D eigenvalue weighted by Gasteiger charge is 2.17. The number of halogens is 1. The lowest BCUT2D eigenvalue weighted by molar-refractivity contribution is -0.118. The maximum absolute atomic E-state index is 11.3. The van der Waals surface area contributed by atoms with Gasteiger partial charge in [-0.2, -0.15) is 0 Å². The first-order valence-corrected chi connectivity index (χ1v) is 6.95. The minimum Gasteiger partial charge on any atom is -0.493 e. The molecule has 0 unspecified atom stereocenters. The lowest BCUT2D eigenvalue weighted by Gasteiger charge is -2.08. The van der Waals surface area contributed by atoms with Gasteiger partial charge in [-0.05, 0) is 36.1 Å². The largest absolute Gasteiger partial charge is 0.493 e. The average Bonchev–Trinajstić information content (AvgIpc) is 2.76. The van der Waals surface area contributed by atoms with Gasteiger partial charge in [0.15, 0.2) is 0 Å². The minimum absolute atomic E-state index is 0.345. The Labute approximate surface area is 110 Å². The van der Waals surface area contributed by atoms with Gasteiger partial charge >= 0.3 is 0 Å². The van der Waals surface area contributed by atoms with Gasteiger partial charge in [0, 0.05) is 23.7 Å². The Balaban J connectivity index is 2.03. The molecule has 1 aliphatic rings. The molecule has 2 rings (SSSR count). The number of benzene rings is 1. The zero-order valence-electron chi connectivity index (χ0n) is 10.1. The van der Waals surface area contributed by atoms with Gasteiger partial charge in [-0.1, -0.05) is 22.9 Å². The van der Waals surface area contributed by atoms with Gasteiger partial charge in [0.2, 0.25) is 0 Å². The van der Waals surface area contributed by atoms with Crippen molar-refractivity contribution >= 4 is 21.7 Å². The van der Waals surface area contributed by atoms with Crippen LogP contribution in [0, 0.1) is 0 Å². The molecule has 1 heterocycles. The van der Waals surface area contributed by atoms with Crippen LogP contribution in [0.2, 0.25) is 0 Å². The zero-order valence-corrected chi connectivity index (χ0v) is 11.7. The van der Waals surface area contributed by atoms with Crippen LogP contribution in [-0.4, -0.2) is 12.4 Å². The second kappa shape index (κ2) is 5.67. The molecule has 0 saturated carbocycles. The van der Waals surface area contributed by atoms with Crippen molar-refractivity contribution < 1.29 is 9.53 Å². The molecule has 0 radical (unpaired) electrons. The summed E-state index contributed by atoms with van der Waals surface area (Å²) in [6, 6.07) is 4.24. The van der Waals surface area contributed by atoms with Crippen LogP contribution >= 0.6 is 15.9 Å². The van der Waals surface area contributed by atoms with E-state index in [1.165, 1.54) is 11.1 Å². The van der Waals surface area contributed by atoms with E-state index in [1.807, 2.05) is 6.92 Å². The third kappa shape index (κ3) is 3.09. The van der Waals surface area contributed by atoms with Crippen LogP contribution in [-0.2, 0) is 17.6 Å². The lowest BCUT2D eigenvalue weighted by atomic mass is 10.0. The summed E-state index contributed by atoms with van der Waals surface area (Å²) < 4.78 is 6.77. The number of hydrogen-bond acceptors (Lipinski definition) is 2. The summed E-state index contributed by atoms with van der Waals surface area (Å²) in [4.78, 5) is 11.3. The number of rotatable bonds is 5. The van der Waals surface area contributed by atoms with E-state index in [0.717, 1.165) is 36.1 Å². The van der Waals surface area contributed by atoms with Gasteiger partial charge in [-0.25, -0.2) is 0 Å². The van der Waals surface area contributed by atoms with Gasteiger partial charge < -0.3 is 4.74 Å². The monoisotopic (exact) mass is 296 g/mol. The molecule has 0 amide bonds. The topological polar surface area (TPSA) is 26.3 Å². The Morgan fingerprint density at radius 1 is 1.47 bits per heavy atom. The number of fused-ring (bicyclic) bond motifs is 1. The fourth-order valence-electron chi connectivity index (χ4n) is 2.18. The summed E-state index contributed by atoms with van der Waals surface area (Å²) in [7, 11) is 0. The fraction of sp³-hybridized carbons (Fsp3) is 0.500. The minimum atomic E-state index is 0.345. The first-order valence-electron chi connectivity index (χ1n) is 6.16. The average molecular weight is 297 g/mol. The smallest absolute Gasteiger partial charge is 0.132 e. The Morgan fingerprint density at radius 3 is 3.06 bits per heavy atom. The molecule has 0 fully saturated rings. The second-order valence-electron chi connectivity index (χ2n) is 4.40. The number of aryl methyl sites for hydroxylation is 1. The molecule has 1 aromatic rings. The summed E-state index contributed by atoms with van der Waals surface area (Å²) in [6.45, 7) is 2.70. The van der Waals surface area contributed by atoms with Crippen LogP contribution in [0.5, 0.6) is 5.75 Å². The van der Waals surface area contributed by atoms with Crippen LogP contribution < -0.4 is 4.74 Å². The Hall–Kier alpha value is -0.830. The Bertz CT molecular complexity index is 426. The highest BCUT2D eigenvalue weighted by Crippen LogP contribution is 2.33. The van der Waals surface area contributed by atoms with Crippen molar-refractivity contribution in [2.24, 2.45) is 0 Å². The molecular weight excluding hydrogens is 280 g/mol. The summed E-state index contributed by atoms with van der Waals surface area (Å²) >= 11 is 3.53. The molecule has 0 aliphatic carbocycles. The SMILES string of the molecule is CCC(=O)CCCc1cc(Br)cc2c1OCC2. The molecule has 92 valence electrons. The number of ketones is 1. The summed E-state index contributed by atoms with van der Waals surface area (Å²) in [6.07, 6.45) is 4.16. The molecule has 17 heavy (non-hydrogen) atoms. The molecule has 0 atom stereocenters. The van der Waals surface area contributed by atoms with Crippen molar-refractivity contribution in [2.75, 3.05) is 6.61 Å². The van der Waals surface area contributed by atoms with Gasteiger partial charge in [-0.15, -0.1) is 0 Å². The Kier molecular flexibility index (Phi) is 4.21. The molecule has 1 aliphatic heterocycles. The predicted molar refractivity (Wildman–Crippen MR) is 71.6 cm³/mol. The third-order valence-electron chi connectivity index (χ3n) is 3.12. The third-order valence-corrected chi connectivity index (χ3v) is 3.58. The number of hydrogen-bond donors (Lipinski definition) is 0. The summed E-state index contributed by atoms with van der Waals surface area (Å²) in [5.41, 5.74) is 2.52. The van der Waals surface area contributed by atoms with Crippen LogP contribution in [0.4, 0.5) is 0 Å². The van der Waals surface area contributed by atoms with Crippen LogP contribution in [0.15, 0.2) is 16.6 Å². The molecule has 2 nitrogen and oxygen atoms in total. The standard InChI is InChI=1S/C14H17BrO2/c1-2-13(16)5-3-4-10-8-12(15)9-11-6-7-17-14(10)11/h8-9H,2-7H2,1H3. The van der Waals surface area contributed by atoms with Crippen LogP contribution in [0.1, 0.15) is 37.3 Å². The van der Waals surface area contributed by atoms with E-state index in [0.29, 0.717) is 18.6 Å². The molecule has 3 heteroatoms. The van der Waals surface area contributed by atoms with Gasteiger partial charge in [0.05, 0.1) is 6.61 Å². The van der Waals surface area contributed by atoms with Crippen molar-refractivity contribution in [1.82, 2.24) is 0 Å².